The Kier molecular flexibility index (Phi) is 6.25. The Morgan fingerprint density at radius 1 is 1.30 bits per heavy atom. The Balaban J connectivity index is 1.60. The molecule has 0 aliphatic carbocycles. The first-order chi connectivity index (χ1) is 11.0. The molecular weight excluding hydrogens is 293 g/mol. The number of benzene rings is 1. The molecular formula is C18H28FN3O. The molecule has 0 spiro atoms. The van der Waals surface area contributed by atoms with Crippen LogP contribution < -0.4 is 10.1 Å². The van der Waals surface area contributed by atoms with Gasteiger partial charge in [0.05, 0.1) is 6.61 Å². The number of aliphatic imine (C=N–C) groups is 1. The van der Waals surface area contributed by atoms with Crippen LogP contribution in [0.4, 0.5) is 4.39 Å². The number of hydrogen-bond acceptors (Lipinski definition) is 2. The van der Waals surface area contributed by atoms with Crippen LogP contribution in [-0.4, -0.2) is 44.1 Å². The normalized spacial score (nSPS) is 17.4. The summed E-state index contributed by atoms with van der Waals surface area (Å²) < 4.78 is 18.4. The van der Waals surface area contributed by atoms with Crippen molar-refractivity contribution in [1.29, 1.82) is 0 Å². The molecule has 1 aliphatic heterocycles. The molecule has 0 amide bonds. The summed E-state index contributed by atoms with van der Waals surface area (Å²) in [6, 6.07) is 6.14. The molecule has 1 aromatic rings. The molecule has 23 heavy (non-hydrogen) atoms. The maximum atomic E-state index is 12.8. The topological polar surface area (TPSA) is 36.9 Å². The molecule has 1 aliphatic rings. The van der Waals surface area contributed by atoms with Gasteiger partial charge in [0.25, 0.3) is 0 Å². The molecule has 5 heteroatoms. The summed E-state index contributed by atoms with van der Waals surface area (Å²) in [5.41, 5.74) is 0.376. The van der Waals surface area contributed by atoms with E-state index in [1.54, 1.807) is 12.1 Å². The van der Waals surface area contributed by atoms with Crippen LogP contribution in [0.2, 0.25) is 0 Å². The van der Waals surface area contributed by atoms with Crippen molar-refractivity contribution < 1.29 is 9.13 Å². The van der Waals surface area contributed by atoms with Gasteiger partial charge in [-0.2, -0.15) is 0 Å². The lowest BCUT2D eigenvalue weighted by molar-refractivity contribution is 0.306. The first kappa shape index (κ1) is 17.6. The number of unbranched alkanes of at least 4 members (excludes halogenated alkanes) is 1. The molecule has 0 radical (unpaired) electrons. The highest BCUT2D eigenvalue weighted by atomic mass is 19.1. The third-order valence-corrected chi connectivity index (χ3v) is 4.13. The molecule has 0 bridgehead atoms. The number of nitrogens with zero attached hydrogens (tertiary/aromatic N) is 2. The quantitative estimate of drug-likeness (QED) is 0.496. The standard InChI is InChI=1S/C18H28FN3O/c1-18(2)10-12-22(14-18)17(20-3)21-11-4-5-13-23-16-8-6-15(19)7-9-16/h6-9H,4-5,10-14H2,1-3H3,(H,20,21). The average molecular weight is 321 g/mol. The van der Waals surface area contributed by atoms with E-state index < -0.39 is 0 Å². The minimum atomic E-state index is -0.238. The van der Waals surface area contributed by atoms with E-state index in [9.17, 15) is 4.39 Å². The van der Waals surface area contributed by atoms with E-state index in [-0.39, 0.29) is 5.82 Å². The molecule has 0 saturated carbocycles. The maximum Gasteiger partial charge on any atom is 0.193 e. The van der Waals surface area contributed by atoms with Crippen LogP contribution in [0.25, 0.3) is 0 Å². The number of rotatable bonds is 6. The lowest BCUT2D eigenvalue weighted by atomic mass is 9.93. The smallest absolute Gasteiger partial charge is 0.193 e. The van der Waals surface area contributed by atoms with E-state index in [4.69, 9.17) is 4.74 Å². The van der Waals surface area contributed by atoms with Crippen molar-refractivity contribution in [3.63, 3.8) is 0 Å². The van der Waals surface area contributed by atoms with Crippen molar-refractivity contribution in [2.45, 2.75) is 33.1 Å². The van der Waals surface area contributed by atoms with Crippen molar-refractivity contribution in [2.75, 3.05) is 33.3 Å². The maximum absolute atomic E-state index is 12.8. The van der Waals surface area contributed by atoms with E-state index in [0.717, 1.165) is 44.2 Å². The van der Waals surface area contributed by atoms with Crippen LogP contribution in [0.3, 0.4) is 0 Å². The first-order valence-electron chi connectivity index (χ1n) is 8.34. The number of nitrogens with one attached hydrogen (secondary N) is 1. The van der Waals surface area contributed by atoms with Gasteiger partial charge in [0.15, 0.2) is 5.96 Å². The highest BCUT2D eigenvalue weighted by Gasteiger charge is 2.30. The summed E-state index contributed by atoms with van der Waals surface area (Å²) in [6.07, 6.45) is 3.17. The monoisotopic (exact) mass is 321 g/mol. The summed E-state index contributed by atoms with van der Waals surface area (Å²) in [4.78, 5) is 6.70. The number of guanidine groups is 1. The van der Waals surface area contributed by atoms with Crippen LogP contribution >= 0.6 is 0 Å². The second kappa shape index (κ2) is 8.18. The number of hydrogen-bond donors (Lipinski definition) is 1. The Bertz CT molecular complexity index is 514. The minimum Gasteiger partial charge on any atom is -0.494 e. The Hall–Kier alpha value is -1.78. The molecule has 1 saturated heterocycles. The largest absolute Gasteiger partial charge is 0.494 e. The highest BCUT2D eigenvalue weighted by Crippen LogP contribution is 2.28. The van der Waals surface area contributed by atoms with Gasteiger partial charge in [-0.25, -0.2) is 4.39 Å². The fourth-order valence-electron chi connectivity index (χ4n) is 2.77. The van der Waals surface area contributed by atoms with Crippen LogP contribution in [-0.2, 0) is 0 Å². The zero-order chi connectivity index (χ0) is 16.7. The van der Waals surface area contributed by atoms with E-state index in [1.165, 1.54) is 18.6 Å². The fraction of sp³-hybridized carbons (Fsp3) is 0.611. The molecule has 4 nitrogen and oxygen atoms in total. The molecule has 1 aromatic carbocycles. The van der Waals surface area contributed by atoms with Crippen LogP contribution in [0.1, 0.15) is 33.1 Å². The van der Waals surface area contributed by atoms with Gasteiger partial charge in [-0.1, -0.05) is 13.8 Å². The zero-order valence-corrected chi connectivity index (χ0v) is 14.4. The summed E-state index contributed by atoms with van der Waals surface area (Å²) >= 11 is 0. The lowest BCUT2D eigenvalue weighted by Gasteiger charge is -2.23. The number of halogens is 1. The fourth-order valence-corrected chi connectivity index (χ4v) is 2.77. The van der Waals surface area contributed by atoms with Crippen molar-refractivity contribution in [2.24, 2.45) is 10.4 Å². The minimum absolute atomic E-state index is 0.238. The van der Waals surface area contributed by atoms with E-state index in [2.05, 4.69) is 29.1 Å². The molecule has 0 aromatic heterocycles. The number of likely N-dealkylation sites (tertiary alicyclic amines) is 1. The predicted octanol–water partition coefficient (Wildman–Crippen LogP) is 3.29. The third kappa shape index (κ3) is 5.73. The zero-order valence-electron chi connectivity index (χ0n) is 14.4. The summed E-state index contributed by atoms with van der Waals surface area (Å²) in [6.45, 7) is 8.25. The van der Waals surface area contributed by atoms with Gasteiger partial charge in [0, 0.05) is 26.7 Å². The summed E-state index contributed by atoms with van der Waals surface area (Å²) in [5.74, 6) is 1.47. The van der Waals surface area contributed by atoms with Gasteiger partial charge >= 0.3 is 0 Å². The van der Waals surface area contributed by atoms with E-state index in [0.29, 0.717) is 12.0 Å². The first-order valence-corrected chi connectivity index (χ1v) is 8.34. The molecule has 1 heterocycles. The van der Waals surface area contributed by atoms with E-state index >= 15 is 0 Å². The second-order valence-corrected chi connectivity index (χ2v) is 6.82. The van der Waals surface area contributed by atoms with Gasteiger partial charge < -0.3 is 15.0 Å². The molecule has 128 valence electrons. The van der Waals surface area contributed by atoms with Gasteiger partial charge in [-0.3, -0.25) is 4.99 Å². The van der Waals surface area contributed by atoms with Crippen LogP contribution in [0.15, 0.2) is 29.3 Å². The lowest BCUT2D eigenvalue weighted by Crippen LogP contribution is -2.41. The molecule has 0 atom stereocenters. The van der Waals surface area contributed by atoms with Gasteiger partial charge in [-0.05, 0) is 48.9 Å². The van der Waals surface area contributed by atoms with Gasteiger partial charge in [0.1, 0.15) is 11.6 Å². The Morgan fingerprint density at radius 2 is 2.04 bits per heavy atom. The van der Waals surface area contributed by atoms with Gasteiger partial charge in [0.2, 0.25) is 0 Å². The molecule has 1 N–H and O–H groups in total. The number of ether oxygens (including phenoxy) is 1. The predicted molar refractivity (Wildman–Crippen MR) is 92.5 cm³/mol. The average Bonchev–Trinajstić information content (AvgIpc) is 2.88. The second-order valence-electron chi connectivity index (χ2n) is 6.82. The van der Waals surface area contributed by atoms with Crippen molar-refractivity contribution >= 4 is 5.96 Å². The Labute approximate surface area is 138 Å². The van der Waals surface area contributed by atoms with Crippen molar-refractivity contribution in [1.82, 2.24) is 10.2 Å². The van der Waals surface area contributed by atoms with Crippen molar-refractivity contribution in [3.8, 4) is 5.75 Å². The van der Waals surface area contributed by atoms with Crippen LogP contribution in [0.5, 0.6) is 5.75 Å². The Morgan fingerprint density at radius 3 is 2.65 bits per heavy atom. The summed E-state index contributed by atoms with van der Waals surface area (Å²) in [5, 5.41) is 3.43. The van der Waals surface area contributed by atoms with Gasteiger partial charge in [-0.15, -0.1) is 0 Å². The molecule has 1 fully saturated rings. The van der Waals surface area contributed by atoms with Crippen molar-refractivity contribution in [3.05, 3.63) is 30.1 Å². The molecule has 2 rings (SSSR count). The van der Waals surface area contributed by atoms with E-state index in [1.807, 2.05) is 7.05 Å². The van der Waals surface area contributed by atoms with Crippen LogP contribution in [0, 0.1) is 11.2 Å². The SMILES string of the molecule is CN=C(NCCCCOc1ccc(F)cc1)N1CCC(C)(C)C1. The summed E-state index contributed by atoms with van der Waals surface area (Å²) in [7, 11) is 1.84. The third-order valence-electron chi connectivity index (χ3n) is 4.13. The highest BCUT2D eigenvalue weighted by molar-refractivity contribution is 5.80. The molecule has 0 unspecified atom stereocenters.